The van der Waals surface area contributed by atoms with E-state index in [4.69, 9.17) is 14.2 Å². The monoisotopic (exact) mass is 388 g/mol. The van der Waals surface area contributed by atoms with Gasteiger partial charge in [0, 0.05) is 25.7 Å². The lowest BCUT2D eigenvalue weighted by atomic mass is 10.0. The van der Waals surface area contributed by atoms with Crippen LogP contribution in [0.15, 0.2) is 42.5 Å². The van der Waals surface area contributed by atoms with Crippen molar-refractivity contribution in [3.8, 4) is 11.5 Å². The van der Waals surface area contributed by atoms with Gasteiger partial charge in [0.25, 0.3) is 5.91 Å². The van der Waals surface area contributed by atoms with Gasteiger partial charge in [-0.25, -0.2) is 4.39 Å². The zero-order chi connectivity index (χ0) is 19.9. The summed E-state index contributed by atoms with van der Waals surface area (Å²) in [6.07, 6.45) is 0. The third kappa shape index (κ3) is 4.79. The Balaban J connectivity index is 1.74. The average Bonchev–Trinajstić information content (AvgIpc) is 2.74. The normalized spacial score (nSPS) is 15.7. The molecule has 1 heterocycles. The van der Waals surface area contributed by atoms with Gasteiger partial charge in [-0.2, -0.15) is 0 Å². The Morgan fingerprint density at radius 2 is 1.75 bits per heavy atom. The first-order valence-corrected chi connectivity index (χ1v) is 9.20. The van der Waals surface area contributed by atoms with Crippen LogP contribution in [0.25, 0.3) is 0 Å². The van der Waals surface area contributed by atoms with Crippen molar-refractivity contribution in [2.24, 2.45) is 0 Å². The molecule has 6 nitrogen and oxygen atoms in total. The van der Waals surface area contributed by atoms with E-state index in [1.165, 1.54) is 19.2 Å². The van der Waals surface area contributed by atoms with E-state index in [2.05, 4.69) is 10.2 Å². The maximum absolute atomic E-state index is 14.2. The van der Waals surface area contributed by atoms with E-state index in [9.17, 15) is 9.18 Å². The van der Waals surface area contributed by atoms with Crippen molar-refractivity contribution in [2.75, 3.05) is 47.1 Å². The van der Waals surface area contributed by atoms with E-state index in [-0.39, 0.29) is 11.6 Å². The van der Waals surface area contributed by atoms with E-state index in [1.807, 2.05) is 24.3 Å². The molecule has 3 rings (SSSR count). The van der Waals surface area contributed by atoms with Crippen LogP contribution in [0.1, 0.15) is 22.0 Å². The highest BCUT2D eigenvalue weighted by molar-refractivity contribution is 5.94. The number of nitrogens with one attached hydrogen (secondary N) is 1. The summed E-state index contributed by atoms with van der Waals surface area (Å²) in [5.41, 5.74) is 1.05. The van der Waals surface area contributed by atoms with Gasteiger partial charge in [0.1, 0.15) is 17.3 Å². The number of halogens is 1. The maximum Gasteiger partial charge on any atom is 0.254 e. The van der Waals surface area contributed by atoms with Crippen LogP contribution in [0.3, 0.4) is 0 Å². The van der Waals surface area contributed by atoms with Crippen LogP contribution >= 0.6 is 0 Å². The molecule has 150 valence electrons. The van der Waals surface area contributed by atoms with Crippen LogP contribution < -0.4 is 14.8 Å². The molecule has 1 aliphatic rings. The average molecular weight is 388 g/mol. The van der Waals surface area contributed by atoms with Crippen molar-refractivity contribution < 1.29 is 23.4 Å². The van der Waals surface area contributed by atoms with E-state index in [0.717, 1.165) is 24.4 Å². The first-order chi connectivity index (χ1) is 13.6. The van der Waals surface area contributed by atoms with Gasteiger partial charge in [0.2, 0.25) is 0 Å². The minimum absolute atomic E-state index is 0.00346. The Labute approximate surface area is 164 Å². The topological polar surface area (TPSA) is 60.0 Å². The van der Waals surface area contributed by atoms with E-state index < -0.39 is 11.7 Å². The van der Waals surface area contributed by atoms with E-state index >= 15 is 0 Å². The predicted octanol–water partition coefficient (Wildman–Crippen LogP) is 2.65. The van der Waals surface area contributed by atoms with Gasteiger partial charge in [-0.15, -0.1) is 0 Å². The third-order valence-electron chi connectivity index (χ3n) is 4.86. The minimum atomic E-state index is -0.607. The number of amides is 1. The number of rotatable bonds is 7. The molecule has 1 saturated heterocycles. The smallest absolute Gasteiger partial charge is 0.254 e. The highest BCUT2D eigenvalue weighted by Gasteiger charge is 2.24. The molecule has 1 atom stereocenters. The number of carbonyl (C=O) groups excluding carboxylic acids is 1. The third-order valence-corrected chi connectivity index (χ3v) is 4.86. The molecular weight excluding hydrogens is 363 g/mol. The highest BCUT2D eigenvalue weighted by atomic mass is 19.1. The van der Waals surface area contributed by atoms with Crippen molar-refractivity contribution in [3.63, 3.8) is 0 Å². The SMILES string of the molecule is COc1ccc(C(CNC(=O)c2ccc(OC)cc2F)N2CCOCC2)cc1. The molecule has 2 aromatic carbocycles. The summed E-state index contributed by atoms with van der Waals surface area (Å²) < 4.78 is 29.8. The summed E-state index contributed by atoms with van der Waals surface area (Å²) in [5.74, 6) is 0.0865. The zero-order valence-corrected chi connectivity index (χ0v) is 16.1. The Bertz CT molecular complexity index is 791. The van der Waals surface area contributed by atoms with E-state index in [1.54, 1.807) is 13.2 Å². The second kappa shape index (κ2) is 9.52. The molecule has 7 heteroatoms. The van der Waals surface area contributed by atoms with Crippen LogP contribution in [0, 0.1) is 5.82 Å². The lowest BCUT2D eigenvalue weighted by Gasteiger charge is -2.35. The fourth-order valence-electron chi connectivity index (χ4n) is 3.26. The maximum atomic E-state index is 14.2. The summed E-state index contributed by atoms with van der Waals surface area (Å²) in [5, 5.41) is 2.87. The number of hydrogen-bond donors (Lipinski definition) is 1. The minimum Gasteiger partial charge on any atom is -0.497 e. The molecule has 0 aromatic heterocycles. The Morgan fingerprint density at radius 3 is 2.36 bits per heavy atom. The van der Waals surface area contributed by atoms with Crippen molar-refractivity contribution in [1.29, 1.82) is 0 Å². The van der Waals surface area contributed by atoms with E-state index in [0.29, 0.717) is 25.5 Å². The summed E-state index contributed by atoms with van der Waals surface area (Å²) in [6, 6.07) is 11.9. The van der Waals surface area contributed by atoms with Crippen LogP contribution in [0.2, 0.25) is 0 Å². The lowest BCUT2D eigenvalue weighted by Crippen LogP contribution is -2.43. The second-order valence-corrected chi connectivity index (χ2v) is 6.49. The summed E-state index contributed by atoms with van der Waals surface area (Å²) in [7, 11) is 3.08. The van der Waals surface area contributed by atoms with Crippen molar-refractivity contribution in [2.45, 2.75) is 6.04 Å². The molecule has 28 heavy (non-hydrogen) atoms. The summed E-state index contributed by atoms with van der Waals surface area (Å²) in [6.45, 7) is 3.19. The number of benzene rings is 2. The van der Waals surface area contributed by atoms with Crippen LogP contribution in [0.4, 0.5) is 4.39 Å². The Kier molecular flexibility index (Phi) is 6.84. The largest absolute Gasteiger partial charge is 0.497 e. The second-order valence-electron chi connectivity index (χ2n) is 6.49. The number of methoxy groups -OCH3 is 2. The molecule has 0 aliphatic carbocycles. The fourth-order valence-corrected chi connectivity index (χ4v) is 3.26. The molecule has 1 fully saturated rings. The summed E-state index contributed by atoms with van der Waals surface area (Å²) in [4.78, 5) is 14.8. The quantitative estimate of drug-likeness (QED) is 0.790. The number of nitrogens with zero attached hydrogens (tertiary/aromatic N) is 1. The first kappa shape index (κ1) is 20.1. The molecule has 1 amide bonds. The molecule has 0 spiro atoms. The molecular formula is C21H25FN2O4. The molecule has 0 bridgehead atoms. The van der Waals surface area contributed by atoms with Gasteiger partial charge in [-0.05, 0) is 29.8 Å². The number of morpholine rings is 1. The van der Waals surface area contributed by atoms with Gasteiger partial charge in [0.15, 0.2) is 0 Å². The van der Waals surface area contributed by atoms with Crippen molar-refractivity contribution in [3.05, 3.63) is 59.4 Å². The van der Waals surface area contributed by atoms with Crippen LogP contribution in [0.5, 0.6) is 11.5 Å². The number of carbonyl (C=O) groups is 1. The molecule has 2 aromatic rings. The first-order valence-electron chi connectivity index (χ1n) is 9.20. The van der Waals surface area contributed by atoms with Gasteiger partial charge in [-0.1, -0.05) is 12.1 Å². The predicted molar refractivity (Wildman–Crippen MR) is 103 cm³/mol. The molecule has 1 unspecified atom stereocenters. The Hall–Kier alpha value is -2.64. The fraction of sp³-hybridized carbons (Fsp3) is 0.381. The van der Waals surface area contributed by atoms with Crippen molar-refractivity contribution >= 4 is 5.91 Å². The Morgan fingerprint density at radius 1 is 1.11 bits per heavy atom. The molecule has 1 aliphatic heterocycles. The van der Waals surface area contributed by atoms with Gasteiger partial charge < -0.3 is 19.5 Å². The standard InChI is InChI=1S/C21H25FN2O4/c1-26-16-5-3-15(4-6-16)20(24-9-11-28-12-10-24)14-23-21(25)18-8-7-17(27-2)13-19(18)22/h3-8,13,20H,9-12,14H2,1-2H3,(H,23,25). The lowest BCUT2D eigenvalue weighted by molar-refractivity contribution is 0.0162. The molecule has 1 N–H and O–H groups in total. The van der Waals surface area contributed by atoms with Crippen molar-refractivity contribution in [1.82, 2.24) is 10.2 Å². The van der Waals surface area contributed by atoms with Gasteiger partial charge in [0.05, 0.1) is 39.0 Å². The highest BCUT2D eigenvalue weighted by Crippen LogP contribution is 2.24. The van der Waals surface area contributed by atoms with Gasteiger partial charge in [-0.3, -0.25) is 9.69 Å². The molecule has 0 saturated carbocycles. The number of hydrogen-bond acceptors (Lipinski definition) is 5. The van der Waals surface area contributed by atoms with Crippen LogP contribution in [-0.2, 0) is 4.74 Å². The summed E-state index contributed by atoms with van der Waals surface area (Å²) >= 11 is 0. The zero-order valence-electron chi connectivity index (χ0n) is 16.1. The molecule has 0 radical (unpaired) electrons. The van der Waals surface area contributed by atoms with Gasteiger partial charge >= 0.3 is 0 Å². The van der Waals surface area contributed by atoms with Crippen LogP contribution in [-0.4, -0.2) is 57.9 Å². The number of ether oxygens (including phenoxy) is 3.